The van der Waals surface area contributed by atoms with Crippen molar-refractivity contribution >= 4 is 17.8 Å². The molecule has 3 atom stereocenters. The Hall–Kier alpha value is -3.66. The van der Waals surface area contributed by atoms with E-state index in [9.17, 15) is 19.2 Å². The summed E-state index contributed by atoms with van der Waals surface area (Å²) in [4.78, 5) is 56.0. The number of barbiturate groups is 1. The summed E-state index contributed by atoms with van der Waals surface area (Å²) >= 11 is 0. The molecule has 1 unspecified atom stereocenters. The Morgan fingerprint density at radius 3 is 2.38 bits per heavy atom. The number of nitrogens with one attached hydrogen (secondary N) is 1. The molecular formula is C27H33N4O6+. The second-order valence-corrected chi connectivity index (χ2v) is 10.5. The molecule has 4 heterocycles. The Kier molecular flexibility index (Phi) is 6.31. The van der Waals surface area contributed by atoms with E-state index in [4.69, 9.17) is 9.47 Å². The van der Waals surface area contributed by atoms with E-state index in [1.165, 1.54) is 21.2 Å². The van der Waals surface area contributed by atoms with Crippen LogP contribution in [0.15, 0.2) is 41.2 Å². The van der Waals surface area contributed by atoms with Crippen molar-refractivity contribution in [2.24, 2.45) is 11.3 Å². The number of urea groups is 1. The SMILES string of the molecule is COc1ccc(CC2(C[NH+]3C[C@H]4C[C@H](C3)c3cccc(=O)n3C4)C(=O)N(C)C(=O)N(C)C2=O)c(OC)c1. The summed E-state index contributed by atoms with van der Waals surface area (Å²) in [7, 11) is 5.95. The molecule has 2 aromatic rings. The van der Waals surface area contributed by atoms with E-state index in [-0.39, 0.29) is 30.4 Å². The molecule has 3 aliphatic heterocycles. The average molecular weight is 510 g/mol. The third kappa shape index (κ3) is 4.09. The summed E-state index contributed by atoms with van der Waals surface area (Å²) in [5.41, 5.74) is 0.238. The maximum absolute atomic E-state index is 13.8. The molecule has 4 amide bonds. The van der Waals surface area contributed by atoms with E-state index in [0.717, 1.165) is 33.4 Å². The number of hydrogen-bond acceptors (Lipinski definition) is 6. The topological polar surface area (TPSA) is 103 Å². The summed E-state index contributed by atoms with van der Waals surface area (Å²) in [6.07, 6.45) is 1.07. The molecule has 3 aliphatic rings. The minimum absolute atomic E-state index is 0.0121. The van der Waals surface area contributed by atoms with Gasteiger partial charge < -0.3 is 18.9 Å². The first-order valence-corrected chi connectivity index (χ1v) is 12.5. The first-order chi connectivity index (χ1) is 17.7. The lowest BCUT2D eigenvalue weighted by molar-refractivity contribution is -0.915. The van der Waals surface area contributed by atoms with Gasteiger partial charge in [-0.1, -0.05) is 12.1 Å². The molecule has 0 radical (unpaired) electrons. The second-order valence-electron chi connectivity index (χ2n) is 10.5. The van der Waals surface area contributed by atoms with Gasteiger partial charge in [0.05, 0.1) is 27.3 Å². The largest absolute Gasteiger partial charge is 0.497 e. The van der Waals surface area contributed by atoms with Gasteiger partial charge in [-0.15, -0.1) is 0 Å². The highest BCUT2D eigenvalue weighted by molar-refractivity contribution is 6.19. The molecule has 2 bridgehead atoms. The number of ether oxygens (including phenoxy) is 2. The molecule has 0 spiro atoms. The Labute approximate surface area is 215 Å². The predicted molar refractivity (Wildman–Crippen MR) is 134 cm³/mol. The molecule has 2 fully saturated rings. The number of quaternary nitrogens is 1. The van der Waals surface area contributed by atoms with Crippen LogP contribution in [-0.4, -0.2) is 80.2 Å². The first kappa shape index (κ1) is 25.0. The summed E-state index contributed by atoms with van der Waals surface area (Å²) < 4.78 is 12.8. The number of benzene rings is 1. The number of hydrogen-bond donors (Lipinski definition) is 1. The van der Waals surface area contributed by atoms with Crippen LogP contribution in [0.3, 0.4) is 0 Å². The van der Waals surface area contributed by atoms with Gasteiger partial charge in [-0.3, -0.25) is 24.2 Å². The van der Waals surface area contributed by atoms with E-state index >= 15 is 0 Å². The van der Waals surface area contributed by atoms with E-state index in [0.29, 0.717) is 30.2 Å². The van der Waals surface area contributed by atoms with Crippen molar-refractivity contribution < 1.29 is 28.8 Å². The summed E-state index contributed by atoms with van der Waals surface area (Å²) in [6, 6.07) is 10.1. The standard InChI is InChI=1S/C27H32N4O6/c1-28-24(33)27(25(34)29(2)26(28)35,12-18-8-9-20(36-3)11-22(18)37-4)16-30-13-17-10-19(15-30)21-6-5-7-23(32)31(21)14-17/h5-9,11,17,19H,10,12-16H2,1-4H3/p+1/t17-,19-/m1/s1. The number of rotatable bonds is 6. The fourth-order valence-corrected chi connectivity index (χ4v) is 6.51. The lowest BCUT2D eigenvalue weighted by atomic mass is 9.75. The molecule has 37 heavy (non-hydrogen) atoms. The lowest BCUT2D eigenvalue weighted by Gasteiger charge is -2.46. The Balaban J connectivity index is 1.53. The zero-order chi connectivity index (χ0) is 26.5. The van der Waals surface area contributed by atoms with Crippen molar-refractivity contribution in [3.05, 3.63) is 58.0 Å². The van der Waals surface area contributed by atoms with E-state index in [1.54, 1.807) is 37.4 Å². The molecule has 1 aromatic heterocycles. The van der Waals surface area contributed by atoms with Gasteiger partial charge in [-0.2, -0.15) is 0 Å². The molecule has 10 nitrogen and oxygen atoms in total. The molecule has 196 valence electrons. The van der Waals surface area contributed by atoms with Crippen molar-refractivity contribution in [1.29, 1.82) is 0 Å². The summed E-state index contributed by atoms with van der Waals surface area (Å²) in [5, 5.41) is 0. The van der Waals surface area contributed by atoms with Crippen LogP contribution in [0.1, 0.15) is 23.6 Å². The van der Waals surface area contributed by atoms with Crippen LogP contribution in [0.2, 0.25) is 0 Å². The number of amides is 4. The smallest absolute Gasteiger partial charge is 0.332 e. The van der Waals surface area contributed by atoms with Crippen molar-refractivity contribution in [3.63, 3.8) is 0 Å². The number of methoxy groups -OCH3 is 2. The van der Waals surface area contributed by atoms with Gasteiger partial charge in [-0.05, 0) is 24.1 Å². The van der Waals surface area contributed by atoms with Gasteiger partial charge >= 0.3 is 6.03 Å². The van der Waals surface area contributed by atoms with E-state index < -0.39 is 23.3 Å². The van der Waals surface area contributed by atoms with Gasteiger partial charge in [0.2, 0.25) is 0 Å². The number of likely N-dealkylation sites (tertiary alicyclic amines) is 1. The number of fused-ring (bicyclic) bond motifs is 4. The molecule has 0 aliphatic carbocycles. The Bertz CT molecular complexity index is 1300. The quantitative estimate of drug-likeness (QED) is 0.556. The first-order valence-electron chi connectivity index (χ1n) is 12.5. The highest BCUT2D eigenvalue weighted by Crippen LogP contribution is 2.37. The van der Waals surface area contributed by atoms with Gasteiger partial charge in [-0.25, -0.2) is 4.79 Å². The van der Waals surface area contributed by atoms with Gasteiger partial charge in [0.1, 0.15) is 18.0 Å². The zero-order valence-corrected chi connectivity index (χ0v) is 21.7. The molecule has 0 saturated carbocycles. The number of carbonyl (C=O) groups excluding carboxylic acids is 3. The summed E-state index contributed by atoms with van der Waals surface area (Å²) in [6.45, 7) is 2.31. The third-order valence-corrected chi connectivity index (χ3v) is 8.21. The molecule has 2 saturated heterocycles. The van der Waals surface area contributed by atoms with Crippen LogP contribution in [0.25, 0.3) is 0 Å². The minimum Gasteiger partial charge on any atom is -0.497 e. The number of piperidine rings is 1. The zero-order valence-electron chi connectivity index (χ0n) is 21.7. The van der Waals surface area contributed by atoms with Crippen LogP contribution in [0.5, 0.6) is 11.5 Å². The van der Waals surface area contributed by atoms with Crippen LogP contribution >= 0.6 is 0 Å². The van der Waals surface area contributed by atoms with Crippen molar-refractivity contribution in [1.82, 2.24) is 14.4 Å². The minimum atomic E-state index is -1.48. The normalized spacial score (nSPS) is 24.6. The fourth-order valence-electron chi connectivity index (χ4n) is 6.51. The number of aromatic nitrogens is 1. The fraction of sp³-hybridized carbons (Fsp3) is 0.481. The Morgan fingerprint density at radius 2 is 1.70 bits per heavy atom. The molecule has 10 heteroatoms. The maximum atomic E-state index is 13.8. The molecular weight excluding hydrogens is 476 g/mol. The lowest BCUT2D eigenvalue weighted by Crippen LogP contribution is -3.16. The number of carbonyl (C=O) groups is 3. The van der Waals surface area contributed by atoms with Crippen LogP contribution in [0, 0.1) is 11.3 Å². The number of imide groups is 2. The molecule has 5 rings (SSSR count). The second kappa shape index (κ2) is 9.33. The van der Waals surface area contributed by atoms with Crippen molar-refractivity contribution in [3.8, 4) is 11.5 Å². The highest BCUT2D eigenvalue weighted by Gasteiger charge is 2.58. The van der Waals surface area contributed by atoms with Gasteiger partial charge in [0, 0.05) is 56.7 Å². The number of nitrogens with zero attached hydrogens (tertiary/aromatic N) is 3. The van der Waals surface area contributed by atoms with Gasteiger partial charge in [0.15, 0.2) is 5.41 Å². The predicted octanol–water partition coefficient (Wildman–Crippen LogP) is 0.147. The summed E-state index contributed by atoms with van der Waals surface area (Å²) in [5.74, 6) is 0.537. The van der Waals surface area contributed by atoms with Crippen LogP contribution < -0.4 is 19.9 Å². The maximum Gasteiger partial charge on any atom is 0.332 e. The van der Waals surface area contributed by atoms with Crippen molar-refractivity contribution in [2.45, 2.75) is 25.3 Å². The van der Waals surface area contributed by atoms with Crippen LogP contribution in [0.4, 0.5) is 4.79 Å². The Morgan fingerprint density at radius 1 is 0.973 bits per heavy atom. The number of pyridine rings is 1. The van der Waals surface area contributed by atoms with E-state index in [1.807, 2.05) is 10.6 Å². The van der Waals surface area contributed by atoms with Crippen LogP contribution in [-0.2, 0) is 22.6 Å². The molecule has 1 aromatic carbocycles. The monoisotopic (exact) mass is 509 g/mol. The molecule has 1 N–H and O–H groups in total. The van der Waals surface area contributed by atoms with Gasteiger partial charge in [0.25, 0.3) is 17.4 Å². The highest BCUT2D eigenvalue weighted by atomic mass is 16.5. The average Bonchev–Trinajstić information content (AvgIpc) is 2.90. The van der Waals surface area contributed by atoms with E-state index in [2.05, 4.69) is 0 Å². The third-order valence-electron chi connectivity index (χ3n) is 8.21. The van der Waals surface area contributed by atoms with Crippen molar-refractivity contribution in [2.75, 3.05) is 47.9 Å².